The van der Waals surface area contributed by atoms with E-state index < -0.39 is 11.4 Å². The van der Waals surface area contributed by atoms with E-state index >= 15 is 0 Å². The molecule has 0 bridgehead atoms. The van der Waals surface area contributed by atoms with Crippen molar-refractivity contribution in [2.45, 2.75) is 18.9 Å². The molecule has 17 heavy (non-hydrogen) atoms. The van der Waals surface area contributed by atoms with Gasteiger partial charge in [-0.05, 0) is 18.6 Å². The molecule has 2 aromatic rings. The van der Waals surface area contributed by atoms with Gasteiger partial charge in [0.1, 0.15) is 11.4 Å². The van der Waals surface area contributed by atoms with Crippen LogP contribution in [0.3, 0.4) is 0 Å². The highest BCUT2D eigenvalue weighted by Gasteiger charge is 2.32. The Morgan fingerprint density at radius 3 is 2.65 bits per heavy atom. The largest absolute Gasteiger partial charge is 0.379 e. The molecule has 0 fully saturated rings. The van der Waals surface area contributed by atoms with E-state index in [0.717, 1.165) is 6.20 Å². The number of pyridine rings is 1. The molecule has 0 saturated carbocycles. The maximum absolute atomic E-state index is 12.8. The third kappa shape index (κ3) is 2.06. The summed E-state index contributed by atoms with van der Waals surface area (Å²) in [5, 5.41) is 14.7. The predicted molar refractivity (Wildman–Crippen MR) is 60.7 cm³/mol. The predicted octanol–water partition coefficient (Wildman–Crippen LogP) is 1.60. The van der Waals surface area contributed by atoms with Crippen molar-refractivity contribution in [1.82, 2.24) is 14.8 Å². The Morgan fingerprint density at radius 2 is 2.18 bits per heavy atom. The molecule has 0 aliphatic heterocycles. The summed E-state index contributed by atoms with van der Waals surface area (Å²) >= 11 is 0. The number of hydrogen-bond donors (Lipinski definition) is 1. The molecular weight excluding hydrogens is 221 g/mol. The topological polar surface area (TPSA) is 50.9 Å². The van der Waals surface area contributed by atoms with Crippen LogP contribution in [0, 0.1) is 5.82 Å². The zero-order valence-electron chi connectivity index (χ0n) is 9.76. The van der Waals surface area contributed by atoms with E-state index in [-0.39, 0.29) is 0 Å². The average molecular weight is 235 g/mol. The molecule has 1 unspecified atom stereocenters. The van der Waals surface area contributed by atoms with Crippen LogP contribution in [-0.4, -0.2) is 19.9 Å². The first-order valence-corrected chi connectivity index (χ1v) is 5.40. The molecule has 0 spiro atoms. The van der Waals surface area contributed by atoms with E-state index in [1.54, 1.807) is 24.1 Å². The number of rotatable bonds is 3. The molecule has 1 N–H and O–H groups in total. The number of hydrogen-bond acceptors (Lipinski definition) is 3. The lowest BCUT2D eigenvalue weighted by atomic mass is 9.90. The average Bonchev–Trinajstić information content (AvgIpc) is 2.76. The van der Waals surface area contributed by atoms with Crippen LogP contribution in [0.25, 0.3) is 0 Å². The van der Waals surface area contributed by atoms with Crippen molar-refractivity contribution in [3.8, 4) is 0 Å². The highest BCUT2D eigenvalue weighted by molar-refractivity contribution is 5.28. The lowest BCUT2D eigenvalue weighted by Gasteiger charge is -2.24. The number of aliphatic hydroxyl groups is 1. The number of aromatic nitrogens is 3. The van der Waals surface area contributed by atoms with Crippen LogP contribution in [-0.2, 0) is 12.6 Å². The zero-order chi connectivity index (χ0) is 12.5. The van der Waals surface area contributed by atoms with E-state index in [4.69, 9.17) is 0 Å². The Bertz CT molecular complexity index is 509. The molecule has 5 heteroatoms. The smallest absolute Gasteiger partial charge is 0.141 e. The second kappa shape index (κ2) is 4.25. The molecular formula is C12H14FN3O. The lowest BCUT2D eigenvalue weighted by Crippen LogP contribution is -2.27. The first-order valence-electron chi connectivity index (χ1n) is 5.40. The minimum Gasteiger partial charge on any atom is -0.379 e. The van der Waals surface area contributed by atoms with Gasteiger partial charge < -0.3 is 5.11 Å². The van der Waals surface area contributed by atoms with Gasteiger partial charge in [0.25, 0.3) is 0 Å². The van der Waals surface area contributed by atoms with Gasteiger partial charge in [0.05, 0.1) is 18.1 Å². The highest BCUT2D eigenvalue weighted by atomic mass is 19.1. The van der Waals surface area contributed by atoms with E-state index in [9.17, 15) is 9.50 Å². The van der Waals surface area contributed by atoms with E-state index in [0.29, 0.717) is 17.7 Å². The van der Waals surface area contributed by atoms with Crippen molar-refractivity contribution < 1.29 is 9.50 Å². The quantitative estimate of drug-likeness (QED) is 0.879. The highest BCUT2D eigenvalue weighted by Crippen LogP contribution is 2.30. The second-order valence-corrected chi connectivity index (χ2v) is 3.98. The lowest BCUT2D eigenvalue weighted by molar-refractivity contribution is 0.0717. The summed E-state index contributed by atoms with van der Waals surface area (Å²) in [6.07, 6.45) is 4.87. The molecule has 90 valence electrons. The summed E-state index contributed by atoms with van der Waals surface area (Å²) in [7, 11) is 1.78. The van der Waals surface area contributed by atoms with Gasteiger partial charge in [-0.25, -0.2) is 4.39 Å². The van der Waals surface area contributed by atoms with Crippen LogP contribution < -0.4 is 0 Å². The molecule has 4 nitrogen and oxygen atoms in total. The van der Waals surface area contributed by atoms with Gasteiger partial charge in [-0.2, -0.15) is 5.10 Å². The van der Waals surface area contributed by atoms with Crippen LogP contribution in [0.2, 0.25) is 0 Å². The first kappa shape index (κ1) is 11.7. The van der Waals surface area contributed by atoms with Crippen molar-refractivity contribution in [2.75, 3.05) is 0 Å². The normalized spacial score (nSPS) is 14.6. The van der Waals surface area contributed by atoms with Gasteiger partial charge in [-0.3, -0.25) is 9.67 Å². The Labute approximate surface area is 98.7 Å². The Hall–Kier alpha value is -1.75. The van der Waals surface area contributed by atoms with Crippen molar-refractivity contribution in [3.63, 3.8) is 0 Å². The number of halogens is 1. The fraction of sp³-hybridized carbons (Fsp3) is 0.333. The summed E-state index contributed by atoms with van der Waals surface area (Å²) in [5.74, 6) is -0.418. The summed E-state index contributed by atoms with van der Waals surface area (Å²) in [4.78, 5) is 3.94. The maximum Gasteiger partial charge on any atom is 0.141 e. The molecule has 0 saturated heterocycles. The minimum absolute atomic E-state index is 0.418. The van der Waals surface area contributed by atoms with Crippen LogP contribution >= 0.6 is 0 Å². The van der Waals surface area contributed by atoms with Crippen LogP contribution in [0.4, 0.5) is 4.39 Å². The van der Waals surface area contributed by atoms with Gasteiger partial charge in [0.2, 0.25) is 0 Å². The van der Waals surface area contributed by atoms with E-state index in [2.05, 4.69) is 10.1 Å². The Morgan fingerprint density at radius 1 is 1.41 bits per heavy atom. The molecule has 2 aromatic heterocycles. The van der Waals surface area contributed by atoms with Gasteiger partial charge in [0.15, 0.2) is 0 Å². The fourth-order valence-electron chi connectivity index (χ4n) is 1.79. The van der Waals surface area contributed by atoms with Crippen LogP contribution in [0.5, 0.6) is 0 Å². The molecule has 0 radical (unpaired) electrons. The van der Waals surface area contributed by atoms with Crippen LogP contribution in [0.15, 0.2) is 30.7 Å². The fourth-order valence-corrected chi connectivity index (χ4v) is 1.79. The zero-order valence-corrected chi connectivity index (χ0v) is 9.76. The summed E-state index contributed by atoms with van der Waals surface area (Å²) in [5.41, 5.74) is -0.141. The van der Waals surface area contributed by atoms with Gasteiger partial charge in [0, 0.05) is 18.8 Å². The van der Waals surface area contributed by atoms with Gasteiger partial charge in [-0.1, -0.05) is 6.92 Å². The van der Waals surface area contributed by atoms with Crippen molar-refractivity contribution >= 4 is 0 Å². The minimum atomic E-state index is -1.22. The molecule has 2 rings (SSSR count). The summed E-state index contributed by atoms with van der Waals surface area (Å²) in [6.45, 7) is 1.85. The third-order valence-electron chi connectivity index (χ3n) is 2.85. The Kier molecular flexibility index (Phi) is 2.93. The standard InChI is InChI=1S/C12H14FN3O/c1-3-12(17,9-6-15-16(2)8-9)11-5-4-10(13)7-14-11/h4-8,17H,3H2,1-2H3. The summed E-state index contributed by atoms with van der Waals surface area (Å²) < 4.78 is 14.4. The van der Waals surface area contributed by atoms with Crippen molar-refractivity contribution in [2.24, 2.45) is 7.05 Å². The third-order valence-corrected chi connectivity index (χ3v) is 2.85. The molecule has 0 aliphatic carbocycles. The second-order valence-electron chi connectivity index (χ2n) is 3.98. The molecule has 2 heterocycles. The molecule has 0 aliphatic rings. The number of nitrogens with zero attached hydrogens (tertiary/aromatic N) is 3. The van der Waals surface area contributed by atoms with Crippen LogP contribution in [0.1, 0.15) is 24.6 Å². The first-order chi connectivity index (χ1) is 8.06. The van der Waals surface area contributed by atoms with Gasteiger partial charge in [-0.15, -0.1) is 0 Å². The van der Waals surface area contributed by atoms with Crippen molar-refractivity contribution in [1.29, 1.82) is 0 Å². The van der Waals surface area contributed by atoms with E-state index in [1.165, 1.54) is 12.1 Å². The SMILES string of the molecule is CCC(O)(c1cnn(C)c1)c1ccc(F)cn1. The summed E-state index contributed by atoms with van der Waals surface area (Å²) in [6, 6.07) is 2.78. The maximum atomic E-state index is 12.8. The number of aryl methyl sites for hydroxylation is 1. The molecule has 0 aromatic carbocycles. The molecule has 1 atom stereocenters. The van der Waals surface area contributed by atoms with E-state index in [1.807, 2.05) is 6.92 Å². The van der Waals surface area contributed by atoms with Gasteiger partial charge >= 0.3 is 0 Å². The monoisotopic (exact) mass is 235 g/mol. The molecule has 0 amide bonds. The van der Waals surface area contributed by atoms with Crippen molar-refractivity contribution in [3.05, 3.63) is 47.8 Å². The Balaban J connectivity index is 2.47.